The monoisotopic (exact) mass is 587 g/mol. The summed E-state index contributed by atoms with van der Waals surface area (Å²) in [5.41, 5.74) is 2.17. The number of ether oxygens (including phenoxy) is 4. The summed E-state index contributed by atoms with van der Waals surface area (Å²) in [6, 6.07) is 5.20. The fourth-order valence-corrected chi connectivity index (χ4v) is 6.38. The highest BCUT2D eigenvalue weighted by Crippen LogP contribution is 2.48. The third kappa shape index (κ3) is 4.76. The largest absolute Gasteiger partial charge is 0.463 e. The van der Waals surface area contributed by atoms with E-state index < -0.39 is 42.4 Å². The Morgan fingerprint density at radius 2 is 1.83 bits per heavy atom. The van der Waals surface area contributed by atoms with E-state index in [9.17, 15) is 18.8 Å². The number of anilines is 1. The molecule has 2 saturated heterocycles. The molecular formula is C27H27ClFN5O7. The minimum Gasteiger partial charge on any atom is -0.463 e. The predicted octanol–water partition coefficient (Wildman–Crippen LogP) is 2.65. The van der Waals surface area contributed by atoms with Crippen LogP contribution in [0.15, 0.2) is 24.5 Å². The Kier molecular flexibility index (Phi) is 6.81. The summed E-state index contributed by atoms with van der Waals surface area (Å²) in [6.45, 7) is 4.48. The van der Waals surface area contributed by atoms with Crippen molar-refractivity contribution in [2.45, 2.75) is 63.6 Å². The van der Waals surface area contributed by atoms with Crippen LogP contribution in [0.2, 0.25) is 5.28 Å². The normalized spacial score (nSPS) is 24.3. The van der Waals surface area contributed by atoms with Crippen molar-refractivity contribution >= 4 is 46.5 Å². The Balaban J connectivity index is 1.34. The molecule has 4 atom stereocenters. The van der Waals surface area contributed by atoms with E-state index in [4.69, 9.17) is 30.5 Å². The number of hydrogen-bond donors (Lipinski definition) is 0. The van der Waals surface area contributed by atoms with Crippen molar-refractivity contribution in [3.63, 3.8) is 0 Å². The van der Waals surface area contributed by atoms with Crippen LogP contribution in [0.3, 0.4) is 0 Å². The summed E-state index contributed by atoms with van der Waals surface area (Å²) in [5, 5.41) is -0.0526. The van der Waals surface area contributed by atoms with Gasteiger partial charge in [-0.1, -0.05) is 12.1 Å². The van der Waals surface area contributed by atoms with Gasteiger partial charge >= 0.3 is 17.9 Å². The SMILES string of the molecule is CC(=O)OC[C@H]1O[C@@H](n2cnc3c(N4CC5(CCc6cccc(F)c65)C4)nc(Cl)nc32)[C@H](OC(C)=O)[C@@H]1OC(C)=O. The molecule has 0 radical (unpaired) electrons. The second-order valence-corrected chi connectivity index (χ2v) is 10.9. The standard InChI is InChI=1S/C27H27ClFN5O7/c1-13(35)38-9-18-21(39-14(2)36)22(40-15(3)37)25(41-18)34-12-30-20-23(31-26(28)32-24(20)34)33-10-27(11-33)8-7-16-5-4-6-17(29)19(16)27/h4-6,12,18,21-22,25H,7-11H2,1-3H3/t18-,21-,22-,25-/m1/s1. The molecule has 0 N–H and O–H groups in total. The van der Waals surface area contributed by atoms with E-state index in [1.807, 2.05) is 11.0 Å². The van der Waals surface area contributed by atoms with Crippen molar-refractivity contribution in [1.29, 1.82) is 0 Å². The van der Waals surface area contributed by atoms with Gasteiger partial charge in [-0.3, -0.25) is 19.0 Å². The molecule has 0 bridgehead atoms. The highest BCUT2D eigenvalue weighted by atomic mass is 35.5. The maximum Gasteiger partial charge on any atom is 0.303 e. The summed E-state index contributed by atoms with van der Waals surface area (Å²) in [4.78, 5) is 50.8. The van der Waals surface area contributed by atoms with E-state index in [1.165, 1.54) is 37.7 Å². The van der Waals surface area contributed by atoms with Crippen molar-refractivity contribution in [3.05, 3.63) is 46.8 Å². The Morgan fingerprint density at radius 3 is 2.54 bits per heavy atom. The highest BCUT2D eigenvalue weighted by molar-refractivity contribution is 6.28. The van der Waals surface area contributed by atoms with Gasteiger partial charge in [-0.25, -0.2) is 9.37 Å². The Labute approximate surface area is 238 Å². The average molecular weight is 588 g/mol. The quantitative estimate of drug-likeness (QED) is 0.239. The van der Waals surface area contributed by atoms with Crippen LogP contribution in [-0.4, -0.2) is 75.4 Å². The zero-order valence-electron chi connectivity index (χ0n) is 22.5. The number of imidazole rings is 1. The van der Waals surface area contributed by atoms with Gasteiger partial charge in [0.05, 0.1) is 6.33 Å². The van der Waals surface area contributed by atoms with Gasteiger partial charge in [0, 0.05) is 44.8 Å². The van der Waals surface area contributed by atoms with Crippen molar-refractivity contribution in [1.82, 2.24) is 19.5 Å². The first kappa shape index (κ1) is 27.3. The molecule has 4 heterocycles. The molecule has 1 aliphatic carbocycles. The number of esters is 3. The van der Waals surface area contributed by atoms with Gasteiger partial charge in [0.1, 0.15) is 18.5 Å². The number of carbonyl (C=O) groups is 3. The number of benzene rings is 1. The lowest BCUT2D eigenvalue weighted by Gasteiger charge is -2.49. The van der Waals surface area contributed by atoms with E-state index in [1.54, 1.807) is 6.07 Å². The second-order valence-electron chi connectivity index (χ2n) is 10.6. The molecule has 6 rings (SSSR count). The minimum atomic E-state index is -1.11. The van der Waals surface area contributed by atoms with E-state index in [2.05, 4.69) is 15.0 Å². The third-order valence-corrected chi connectivity index (χ3v) is 7.95. The van der Waals surface area contributed by atoms with Crippen molar-refractivity contribution < 1.29 is 37.7 Å². The number of aryl methyl sites for hydroxylation is 1. The first-order chi connectivity index (χ1) is 19.6. The van der Waals surface area contributed by atoms with Gasteiger partial charge in [0.2, 0.25) is 5.28 Å². The molecule has 3 aromatic rings. The first-order valence-electron chi connectivity index (χ1n) is 13.1. The van der Waals surface area contributed by atoms with Gasteiger partial charge in [0.15, 0.2) is 35.4 Å². The number of halogens is 2. The third-order valence-electron chi connectivity index (χ3n) is 7.78. The van der Waals surface area contributed by atoms with E-state index >= 15 is 0 Å². The lowest BCUT2D eigenvalue weighted by molar-refractivity contribution is -0.166. The molecule has 1 spiro atoms. The Morgan fingerprint density at radius 1 is 1.10 bits per heavy atom. The molecule has 216 valence electrons. The molecule has 0 saturated carbocycles. The zero-order valence-corrected chi connectivity index (χ0v) is 23.3. The van der Waals surface area contributed by atoms with Crippen molar-refractivity contribution in [2.24, 2.45) is 0 Å². The number of aromatic nitrogens is 4. The van der Waals surface area contributed by atoms with Crippen LogP contribution in [-0.2, 0) is 45.2 Å². The zero-order chi connectivity index (χ0) is 29.1. The fourth-order valence-electron chi connectivity index (χ4n) is 6.22. The number of rotatable bonds is 6. The van der Waals surface area contributed by atoms with Crippen LogP contribution in [0, 0.1) is 5.82 Å². The van der Waals surface area contributed by atoms with Crippen LogP contribution < -0.4 is 4.90 Å². The van der Waals surface area contributed by atoms with E-state index in [0.717, 1.165) is 24.0 Å². The maximum atomic E-state index is 14.8. The van der Waals surface area contributed by atoms with Gasteiger partial charge in [-0.15, -0.1) is 0 Å². The maximum absolute atomic E-state index is 14.8. The van der Waals surface area contributed by atoms with Gasteiger partial charge in [0.25, 0.3) is 0 Å². The van der Waals surface area contributed by atoms with E-state index in [-0.39, 0.29) is 28.8 Å². The molecule has 0 unspecified atom stereocenters. The first-order valence-corrected chi connectivity index (χ1v) is 13.5. The highest BCUT2D eigenvalue weighted by Gasteiger charge is 2.53. The lowest BCUT2D eigenvalue weighted by Crippen LogP contribution is -2.59. The molecular weight excluding hydrogens is 561 g/mol. The van der Waals surface area contributed by atoms with Gasteiger partial charge < -0.3 is 23.8 Å². The number of hydrogen-bond acceptors (Lipinski definition) is 11. The van der Waals surface area contributed by atoms with Gasteiger partial charge in [-0.05, 0) is 36.1 Å². The molecule has 3 aliphatic rings. The van der Waals surface area contributed by atoms with Crippen molar-refractivity contribution in [2.75, 3.05) is 24.6 Å². The summed E-state index contributed by atoms with van der Waals surface area (Å²) in [6.07, 6.45) is -1.11. The molecule has 41 heavy (non-hydrogen) atoms. The Hall–Kier alpha value is -3.84. The fraction of sp³-hybridized carbons (Fsp3) is 0.481. The molecule has 2 aromatic heterocycles. The van der Waals surface area contributed by atoms with Crippen molar-refractivity contribution in [3.8, 4) is 0 Å². The van der Waals surface area contributed by atoms with Crippen LogP contribution in [0.25, 0.3) is 11.2 Å². The van der Waals surface area contributed by atoms with Crippen LogP contribution in [0.5, 0.6) is 0 Å². The van der Waals surface area contributed by atoms with Crippen LogP contribution in [0.1, 0.15) is 44.5 Å². The molecule has 0 amide bonds. The number of nitrogens with zero attached hydrogens (tertiary/aromatic N) is 5. The average Bonchev–Trinajstić information content (AvgIpc) is 3.56. The smallest absolute Gasteiger partial charge is 0.303 e. The van der Waals surface area contributed by atoms with Crippen LogP contribution in [0.4, 0.5) is 10.2 Å². The summed E-state index contributed by atoms with van der Waals surface area (Å²) in [7, 11) is 0. The lowest BCUT2D eigenvalue weighted by atomic mass is 9.74. The predicted molar refractivity (Wildman–Crippen MR) is 141 cm³/mol. The summed E-state index contributed by atoms with van der Waals surface area (Å²) >= 11 is 6.37. The molecule has 12 nitrogen and oxygen atoms in total. The van der Waals surface area contributed by atoms with Gasteiger partial charge in [-0.2, -0.15) is 9.97 Å². The van der Waals surface area contributed by atoms with E-state index in [0.29, 0.717) is 24.4 Å². The Bertz CT molecular complexity index is 1560. The molecule has 2 aliphatic heterocycles. The molecule has 2 fully saturated rings. The summed E-state index contributed by atoms with van der Waals surface area (Å²) in [5.74, 6) is -1.55. The minimum absolute atomic E-state index is 0.0526. The summed E-state index contributed by atoms with van der Waals surface area (Å²) < 4.78 is 38.6. The second kappa shape index (κ2) is 10.2. The van der Waals surface area contributed by atoms with Crippen LogP contribution >= 0.6 is 11.6 Å². The molecule has 1 aromatic carbocycles. The molecule has 14 heteroatoms. The number of carbonyl (C=O) groups excluding carboxylic acids is 3. The topological polar surface area (TPSA) is 135 Å². The number of fused-ring (bicyclic) bond motifs is 3.